The summed E-state index contributed by atoms with van der Waals surface area (Å²) in [5.41, 5.74) is 0.542. The van der Waals surface area contributed by atoms with Crippen molar-refractivity contribution in [3.8, 4) is 0 Å². The Labute approximate surface area is 118 Å². The van der Waals surface area contributed by atoms with Crippen molar-refractivity contribution in [3.05, 3.63) is 0 Å². The van der Waals surface area contributed by atoms with Gasteiger partial charge in [-0.15, -0.1) is 0 Å². The molecule has 2 aliphatic rings. The molecule has 0 heteroatoms. The Kier molecular flexibility index (Phi) is 13.6. The zero-order valence-corrected chi connectivity index (χ0v) is 14.6. The number of hydrogen-bond acceptors (Lipinski definition) is 0. The van der Waals surface area contributed by atoms with E-state index in [4.69, 9.17) is 0 Å². The van der Waals surface area contributed by atoms with Crippen LogP contribution < -0.4 is 0 Å². The van der Waals surface area contributed by atoms with E-state index < -0.39 is 0 Å². The summed E-state index contributed by atoms with van der Waals surface area (Å²) in [5, 5.41) is 0. The molecule has 112 valence electrons. The van der Waals surface area contributed by atoms with Crippen LogP contribution in [0.3, 0.4) is 0 Å². The van der Waals surface area contributed by atoms with Crippen molar-refractivity contribution in [2.24, 2.45) is 17.3 Å². The summed E-state index contributed by atoms with van der Waals surface area (Å²) < 4.78 is 0. The fraction of sp³-hybridized carbons (Fsp3) is 1.00. The molecule has 2 saturated carbocycles. The molecule has 0 aromatic heterocycles. The van der Waals surface area contributed by atoms with Gasteiger partial charge in [0.1, 0.15) is 0 Å². The van der Waals surface area contributed by atoms with Crippen molar-refractivity contribution in [3.63, 3.8) is 0 Å². The molecular weight excluding hydrogens is 216 g/mol. The summed E-state index contributed by atoms with van der Waals surface area (Å²) in [6.07, 6.45) is 10.6. The smallest absolute Gasteiger partial charge is 0.0385 e. The van der Waals surface area contributed by atoms with Gasteiger partial charge in [0.05, 0.1) is 0 Å². The molecule has 0 aliphatic heterocycles. The summed E-state index contributed by atoms with van der Waals surface area (Å²) in [5.74, 6) is 2.35. The maximum atomic E-state index is 2.24. The number of fused-ring (bicyclic) bond motifs is 1. The van der Waals surface area contributed by atoms with Crippen LogP contribution in [-0.2, 0) is 0 Å². The zero-order chi connectivity index (χ0) is 14.6. The van der Waals surface area contributed by atoms with Crippen LogP contribution in [0.5, 0.6) is 0 Å². The molecule has 0 heterocycles. The van der Waals surface area contributed by atoms with E-state index in [1.165, 1.54) is 31.1 Å². The summed E-state index contributed by atoms with van der Waals surface area (Å²) in [6, 6.07) is 0. The molecule has 18 heavy (non-hydrogen) atoms. The lowest BCUT2D eigenvalue weighted by molar-refractivity contribution is 0.398. The minimum Gasteiger partial charge on any atom is -0.0683 e. The average molecular weight is 257 g/mol. The second kappa shape index (κ2) is 12.1. The van der Waals surface area contributed by atoms with E-state index in [0.29, 0.717) is 5.41 Å². The highest BCUT2D eigenvalue weighted by atomic mass is 14.4. The molecule has 0 aromatic carbocycles. The van der Waals surface area contributed by atoms with Crippen LogP contribution in [0.4, 0.5) is 0 Å². The summed E-state index contributed by atoms with van der Waals surface area (Å²) >= 11 is 0. The molecule has 0 N–H and O–H groups in total. The van der Waals surface area contributed by atoms with Crippen LogP contribution in [0.25, 0.3) is 0 Å². The van der Waals surface area contributed by atoms with Crippen LogP contribution in [0, 0.1) is 17.3 Å². The highest BCUT2D eigenvalue weighted by Crippen LogP contribution is 2.43. The molecule has 2 fully saturated rings. The minimum atomic E-state index is 0.542. The van der Waals surface area contributed by atoms with Crippen molar-refractivity contribution in [1.29, 1.82) is 0 Å². The first kappa shape index (κ1) is 20.3. The lowest BCUT2D eigenvalue weighted by atomic mass is 9.94. The second-order valence-corrected chi connectivity index (χ2v) is 6.30. The Balaban J connectivity index is 0. The lowest BCUT2D eigenvalue weighted by Gasteiger charge is -2.12. The average Bonchev–Trinajstić information content (AvgIpc) is 2.97. The van der Waals surface area contributed by atoms with Crippen molar-refractivity contribution < 1.29 is 0 Å². The molecule has 0 aromatic rings. The van der Waals surface area contributed by atoms with E-state index in [0.717, 1.165) is 0 Å². The molecule has 0 bridgehead atoms. The van der Waals surface area contributed by atoms with Gasteiger partial charge in [-0.05, 0) is 17.3 Å². The van der Waals surface area contributed by atoms with E-state index in [1.54, 1.807) is 25.7 Å². The van der Waals surface area contributed by atoms with E-state index >= 15 is 0 Å². The fourth-order valence-electron chi connectivity index (χ4n) is 2.52. The van der Waals surface area contributed by atoms with Gasteiger partial charge in [-0.1, -0.05) is 100 Å². The molecule has 2 aliphatic carbocycles. The monoisotopic (exact) mass is 256 g/mol. The van der Waals surface area contributed by atoms with Crippen molar-refractivity contribution in [2.45, 2.75) is 100 Å². The molecule has 0 radical (unpaired) electrons. The Morgan fingerprint density at radius 3 is 1.11 bits per heavy atom. The van der Waals surface area contributed by atoms with Crippen LogP contribution in [-0.4, -0.2) is 0 Å². The van der Waals surface area contributed by atoms with Crippen molar-refractivity contribution in [2.75, 3.05) is 0 Å². The molecule has 0 unspecified atom stereocenters. The molecule has 0 atom stereocenters. The maximum absolute atomic E-state index is 2.24. The Hall–Kier alpha value is 0. The summed E-state index contributed by atoms with van der Waals surface area (Å²) in [4.78, 5) is 0. The third-order valence-corrected chi connectivity index (χ3v) is 4.03. The number of rotatable bonds is 0. The molecule has 0 saturated heterocycles. The zero-order valence-electron chi connectivity index (χ0n) is 14.6. The predicted octanol–water partition coefficient (Wildman–Crippen LogP) is 7.08. The van der Waals surface area contributed by atoms with Crippen molar-refractivity contribution in [1.82, 2.24) is 0 Å². The Bertz CT molecular complexity index is 132. The molecule has 0 amide bonds. The first-order chi connectivity index (χ1) is 8.53. The lowest BCUT2D eigenvalue weighted by Crippen LogP contribution is -2.00. The van der Waals surface area contributed by atoms with Gasteiger partial charge in [-0.3, -0.25) is 0 Å². The number of hydrogen-bond donors (Lipinski definition) is 0. The highest BCUT2D eigenvalue weighted by Gasteiger charge is 2.30. The quantitative estimate of drug-likeness (QED) is 0.434. The minimum absolute atomic E-state index is 0.542. The largest absolute Gasteiger partial charge is 0.0683 e. The van der Waals surface area contributed by atoms with Gasteiger partial charge in [-0.2, -0.15) is 0 Å². The third kappa shape index (κ3) is 9.97. The van der Waals surface area contributed by atoms with Gasteiger partial charge in [-0.25, -0.2) is 0 Å². The van der Waals surface area contributed by atoms with Crippen molar-refractivity contribution >= 4 is 0 Å². The van der Waals surface area contributed by atoms with E-state index in [-0.39, 0.29) is 0 Å². The van der Waals surface area contributed by atoms with Crippen LogP contribution in [0.15, 0.2) is 0 Å². The van der Waals surface area contributed by atoms with Gasteiger partial charge in [0.2, 0.25) is 0 Å². The van der Waals surface area contributed by atoms with Crippen LogP contribution in [0.2, 0.25) is 0 Å². The molecule has 0 nitrogen and oxygen atoms in total. The third-order valence-electron chi connectivity index (χ3n) is 4.03. The highest BCUT2D eigenvalue weighted by molar-refractivity contribution is 4.82. The second-order valence-electron chi connectivity index (χ2n) is 6.30. The standard InChI is InChI=1S/C8H14.C6H14.2C2H6/c1-3-7-5-2-6-8(7)4-1;1-5-6(2,3)4;2*1-2/h7-8H,1-6H2;5H2,1-4H3;2*1-2H3. The van der Waals surface area contributed by atoms with Gasteiger partial charge in [0.15, 0.2) is 0 Å². The Morgan fingerprint density at radius 1 is 0.722 bits per heavy atom. The van der Waals surface area contributed by atoms with Gasteiger partial charge < -0.3 is 0 Å². The molecule has 0 spiro atoms. The van der Waals surface area contributed by atoms with Crippen LogP contribution >= 0.6 is 0 Å². The van der Waals surface area contributed by atoms with Gasteiger partial charge in [0.25, 0.3) is 0 Å². The first-order valence-corrected chi connectivity index (χ1v) is 8.53. The summed E-state index contributed by atoms with van der Waals surface area (Å²) in [6.45, 7) is 16.9. The Morgan fingerprint density at radius 2 is 0.944 bits per heavy atom. The molecular formula is C18H40. The SMILES string of the molecule is C1CC2CCCC2C1.CC.CC.CCC(C)(C)C. The first-order valence-electron chi connectivity index (χ1n) is 8.53. The fourth-order valence-corrected chi connectivity index (χ4v) is 2.52. The van der Waals surface area contributed by atoms with Crippen LogP contribution in [0.1, 0.15) is 100 Å². The molecule has 2 rings (SSSR count). The van der Waals surface area contributed by atoms with E-state index in [1.807, 2.05) is 27.7 Å². The predicted molar refractivity (Wildman–Crippen MR) is 87.1 cm³/mol. The van der Waals surface area contributed by atoms with Gasteiger partial charge >= 0.3 is 0 Å². The normalized spacial score (nSPS) is 24.7. The van der Waals surface area contributed by atoms with E-state index in [9.17, 15) is 0 Å². The maximum Gasteiger partial charge on any atom is -0.0385 e. The van der Waals surface area contributed by atoms with Gasteiger partial charge in [0, 0.05) is 0 Å². The van der Waals surface area contributed by atoms with E-state index in [2.05, 4.69) is 27.7 Å². The topological polar surface area (TPSA) is 0 Å². The summed E-state index contributed by atoms with van der Waals surface area (Å²) in [7, 11) is 0.